The minimum absolute atomic E-state index is 0.242. The van der Waals surface area contributed by atoms with Gasteiger partial charge in [-0.05, 0) is 18.4 Å². The SMILES string of the molecule is CC(CCl)NS(=O)(=O)c1cccs1. The molecule has 0 fully saturated rings. The van der Waals surface area contributed by atoms with E-state index >= 15 is 0 Å². The van der Waals surface area contributed by atoms with Crippen LogP contribution in [0.4, 0.5) is 0 Å². The molecule has 1 N–H and O–H groups in total. The van der Waals surface area contributed by atoms with Gasteiger partial charge in [-0.15, -0.1) is 22.9 Å². The molecule has 0 saturated carbocycles. The number of thiophene rings is 1. The van der Waals surface area contributed by atoms with Crippen LogP contribution in [-0.2, 0) is 10.0 Å². The zero-order valence-electron chi connectivity index (χ0n) is 7.03. The van der Waals surface area contributed by atoms with Gasteiger partial charge in [-0.1, -0.05) is 6.07 Å². The predicted octanol–water partition coefficient (Wildman–Crippen LogP) is 1.65. The molecule has 0 aliphatic rings. The average Bonchev–Trinajstić information content (AvgIpc) is 2.55. The molecule has 1 rings (SSSR count). The Morgan fingerprint density at radius 3 is 2.85 bits per heavy atom. The Morgan fingerprint density at radius 2 is 2.38 bits per heavy atom. The predicted molar refractivity (Wildman–Crippen MR) is 54.8 cm³/mol. The minimum atomic E-state index is -3.34. The summed E-state index contributed by atoms with van der Waals surface area (Å²) in [6.45, 7) is 1.72. The molecule has 0 amide bonds. The molecule has 0 aliphatic heterocycles. The van der Waals surface area contributed by atoms with Gasteiger partial charge in [0.2, 0.25) is 10.0 Å². The maximum absolute atomic E-state index is 11.5. The molecule has 74 valence electrons. The van der Waals surface area contributed by atoms with Crippen molar-refractivity contribution in [3.05, 3.63) is 17.5 Å². The standard InChI is InChI=1S/C7H10ClNO2S2/c1-6(5-8)9-13(10,11)7-3-2-4-12-7/h2-4,6,9H,5H2,1H3. The summed E-state index contributed by atoms with van der Waals surface area (Å²) < 4.78 is 25.8. The molecule has 0 aromatic carbocycles. The highest BCUT2D eigenvalue weighted by Gasteiger charge is 2.17. The normalized spacial score (nSPS) is 14.3. The van der Waals surface area contributed by atoms with Crippen molar-refractivity contribution in [1.82, 2.24) is 4.72 Å². The fourth-order valence-corrected chi connectivity index (χ4v) is 3.19. The lowest BCUT2D eigenvalue weighted by Gasteiger charge is -2.09. The van der Waals surface area contributed by atoms with E-state index < -0.39 is 10.0 Å². The lowest BCUT2D eigenvalue weighted by atomic mass is 10.4. The van der Waals surface area contributed by atoms with Crippen LogP contribution >= 0.6 is 22.9 Å². The summed E-state index contributed by atoms with van der Waals surface area (Å²) in [5, 5.41) is 1.72. The summed E-state index contributed by atoms with van der Waals surface area (Å²) in [6, 6.07) is 3.02. The first-order valence-electron chi connectivity index (χ1n) is 3.68. The largest absolute Gasteiger partial charge is 0.250 e. The van der Waals surface area contributed by atoms with E-state index in [0.717, 1.165) is 0 Å². The molecule has 0 bridgehead atoms. The highest BCUT2D eigenvalue weighted by Crippen LogP contribution is 2.15. The summed E-state index contributed by atoms with van der Waals surface area (Å²) in [7, 11) is -3.34. The monoisotopic (exact) mass is 239 g/mol. The zero-order chi connectivity index (χ0) is 9.90. The molecule has 1 aromatic heterocycles. The van der Waals surface area contributed by atoms with E-state index in [-0.39, 0.29) is 11.9 Å². The van der Waals surface area contributed by atoms with Crippen LogP contribution in [0.5, 0.6) is 0 Å². The van der Waals surface area contributed by atoms with Gasteiger partial charge >= 0.3 is 0 Å². The summed E-state index contributed by atoms with van der Waals surface area (Å²) in [6.07, 6.45) is 0. The molecule has 0 spiro atoms. The van der Waals surface area contributed by atoms with Crippen molar-refractivity contribution >= 4 is 33.0 Å². The maximum atomic E-state index is 11.5. The van der Waals surface area contributed by atoms with Crippen LogP contribution in [0.1, 0.15) is 6.92 Å². The third-order valence-electron chi connectivity index (χ3n) is 1.35. The number of nitrogens with one attached hydrogen (secondary N) is 1. The zero-order valence-corrected chi connectivity index (χ0v) is 9.42. The maximum Gasteiger partial charge on any atom is 0.250 e. The van der Waals surface area contributed by atoms with Crippen LogP contribution in [-0.4, -0.2) is 20.3 Å². The number of hydrogen-bond donors (Lipinski definition) is 1. The van der Waals surface area contributed by atoms with Crippen molar-refractivity contribution < 1.29 is 8.42 Å². The van der Waals surface area contributed by atoms with Crippen LogP contribution in [0.25, 0.3) is 0 Å². The van der Waals surface area contributed by atoms with Crippen LogP contribution in [0.15, 0.2) is 21.7 Å². The number of rotatable bonds is 4. The van der Waals surface area contributed by atoms with Gasteiger partial charge < -0.3 is 0 Å². The lowest BCUT2D eigenvalue weighted by molar-refractivity contribution is 0.573. The number of alkyl halides is 1. The highest BCUT2D eigenvalue weighted by atomic mass is 35.5. The molecule has 0 saturated heterocycles. The van der Waals surface area contributed by atoms with Crippen LogP contribution in [0.3, 0.4) is 0 Å². The van der Waals surface area contributed by atoms with Gasteiger partial charge in [-0.25, -0.2) is 13.1 Å². The Bertz CT molecular complexity index is 347. The molecular formula is C7H10ClNO2S2. The molecule has 1 atom stereocenters. The van der Waals surface area contributed by atoms with Gasteiger partial charge in [-0.2, -0.15) is 0 Å². The molecule has 0 radical (unpaired) electrons. The Balaban J connectivity index is 2.79. The minimum Gasteiger partial charge on any atom is -0.206 e. The lowest BCUT2D eigenvalue weighted by Crippen LogP contribution is -2.33. The van der Waals surface area contributed by atoms with Crippen molar-refractivity contribution in [1.29, 1.82) is 0 Å². The van der Waals surface area contributed by atoms with Gasteiger partial charge in [0.1, 0.15) is 4.21 Å². The molecule has 6 heteroatoms. The Kier molecular flexibility index (Phi) is 3.73. The van der Waals surface area contributed by atoms with Gasteiger partial charge in [0, 0.05) is 11.9 Å². The van der Waals surface area contributed by atoms with Gasteiger partial charge in [0.05, 0.1) is 0 Å². The summed E-state index contributed by atoms with van der Waals surface area (Å²) in [5.74, 6) is 0.268. The first kappa shape index (κ1) is 11.0. The summed E-state index contributed by atoms with van der Waals surface area (Å²) in [4.78, 5) is 0. The third kappa shape index (κ3) is 2.95. The third-order valence-corrected chi connectivity index (χ3v) is 4.80. The Hall–Kier alpha value is -0.100. The van der Waals surface area contributed by atoms with E-state index in [1.54, 1.807) is 24.4 Å². The van der Waals surface area contributed by atoms with Gasteiger partial charge in [0.25, 0.3) is 0 Å². The summed E-state index contributed by atoms with van der Waals surface area (Å²) in [5.41, 5.74) is 0. The topological polar surface area (TPSA) is 46.2 Å². The smallest absolute Gasteiger partial charge is 0.206 e. The Labute approximate surface area is 86.8 Å². The van der Waals surface area contributed by atoms with Crippen LogP contribution in [0.2, 0.25) is 0 Å². The second-order valence-corrected chi connectivity index (χ2v) is 5.81. The van der Waals surface area contributed by atoms with Crippen LogP contribution in [0, 0.1) is 0 Å². The van der Waals surface area contributed by atoms with Crippen molar-refractivity contribution in [3.8, 4) is 0 Å². The van der Waals surface area contributed by atoms with Crippen LogP contribution < -0.4 is 4.72 Å². The van der Waals surface area contributed by atoms with E-state index in [1.165, 1.54) is 11.3 Å². The van der Waals surface area contributed by atoms with E-state index in [9.17, 15) is 8.42 Å². The van der Waals surface area contributed by atoms with E-state index in [2.05, 4.69) is 4.72 Å². The highest BCUT2D eigenvalue weighted by molar-refractivity contribution is 7.91. The first-order valence-corrected chi connectivity index (χ1v) is 6.58. The molecule has 1 unspecified atom stereocenters. The van der Waals surface area contributed by atoms with Crippen molar-refractivity contribution in [2.75, 3.05) is 5.88 Å². The van der Waals surface area contributed by atoms with E-state index in [4.69, 9.17) is 11.6 Å². The molecular weight excluding hydrogens is 230 g/mol. The number of halogens is 1. The second-order valence-electron chi connectivity index (χ2n) is 2.61. The van der Waals surface area contributed by atoms with E-state index in [0.29, 0.717) is 4.21 Å². The number of hydrogen-bond acceptors (Lipinski definition) is 3. The summed E-state index contributed by atoms with van der Waals surface area (Å²) >= 11 is 6.68. The van der Waals surface area contributed by atoms with E-state index in [1.807, 2.05) is 0 Å². The van der Waals surface area contributed by atoms with Gasteiger partial charge in [-0.3, -0.25) is 0 Å². The second kappa shape index (κ2) is 4.41. The molecule has 13 heavy (non-hydrogen) atoms. The molecule has 3 nitrogen and oxygen atoms in total. The first-order chi connectivity index (χ1) is 6.06. The Morgan fingerprint density at radius 1 is 1.69 bits per heavy atom. The van der Waals surface area contributed by atoms with Gasteiger partial charge in [0.15, 0.2) is 0 Å². The van der Waals surface area contributed by atoms with Crippen molar-refractivity contribution in [2.24, 2.45) is 0 Å². The number of sulfonamides is 1. The van der Waals surface area contributed by atoms with Crippen molar-refractivity contribution in [2.45, 2.75) is 17.2 Å². The fourth-order valence-electron chi connectivity index (χ4n) is 0.771. The van der Waals surface area contributed by atoms with Crippen molar-refractivity contribution in [3.63, 3.8) is 0 Å². The average molecular weight is 240 g/mol. The molecule has 0 aliphatic carbocycles. The molecule has 1 aromatic rings. The fraction of sp³-hybridized carbons (Fsp3) is 0.429. The quantitative estimate of drug-likeness (QED) is 0.813. The molecule has 1 heterocycles.